The van der Waals surface area contributed by atoms with Crippen molar-refractivity contribution in [3.8, 4) is 6.07 Å². The molecule has 4 heteroatoms. The van der Waals surface area contributed by atoms with Gasteiger partial charge in [-0.25, -0.2) is 4.79 Å². The van der Waals surface area contributed by atoms with Gasteiger partial charge in [0.2, 0.25) is 0 Å². The summed E-state index contributed by atoms with van der Waals surface area (Å²) >= 11 is 0. The van der Waals surface area contributed by atoms with Crippen LogP contribution >= 0.6 is 0 Å². The van der Waals surface area contributed by atoms with E-state index in [1.54, 1.807) is 0 Å². The first-order chi connectivity index (χ1) is 5.24. The van der Waals surface area contributed by atoms with Crippen LogP contribution in [0, 0.1) is 23.2 Å². The molecule has 0 aromatic rings. The van der Waals surface area contributed by atoms with Gasteiger partial charge in [-0.2, -0.15) is 5.26 Å². The maximum Gasteiger partial charge on any atom is 0.404 e. The molecule has 11 heavy (non-hydrogen) atoms. The van der Waals surface area contributed by atoms with Gasteiger partial charge in [0.25, 0.3) is 0 Å². The number of nitrogens with zero attached hydrogens (tertiary/aromatic N) is 1. The zero-order valence-corrected chi connectivity index (χ0v) is 6.08. The molecule has 1 aliphatic carbocycles. The molecule has 1 rings (SSSR count). The van der Waals surface area contributed by atoms with Crippen molar-refractivity contribution in [1.29, 1.82) is 5.26 Å². The number of carbonyl (C=O) groups is 1. The van der Waals surface area contributed by atoms with Crippen LogP contribution in [0.4, 0.5) is 4.79 Å². The first-order valence-corrected chi connectivity index (χ1v) is 3.60. The van der Waals surface area contributed by atoms with E-state index in [1.807, 2.05) is 0 Å². The highest BCUT2D eigenvalue weighted by atomic mass is 16.4. The lowest BCUT2D eigenvalue weighted by atomic mass is 10.1. The second-order valence-corrected chi connectivity index (χ2v) is 2.76. The van der Waals surface area contributed by atoms with Crippen LogP contribution in [0.2, 0.25) is 0 Å². The molecule has 1 fully saturated rings. The van der Waals surface area contributed by atoms with E-state index in [9.17, 15) is 4.79 Å². The fourth-order valence-corrected chi connectivity index (χ4v) is 1.01. The van der Waals surface area contributed by atoms with Crippen molar-refractivity contribution >= 4 is 6.09 Å². The Kier molecular flexibility index (Phi) is 2.32. The van der Waals surface area contributed by atoms with Gasteiger partial charge >= 0.3 is 6.09 Å². The van der Waals surface area contributed by atoms with E-state index in [-0.39, 0.29) is 12.5 Å². The van der Waals surface area contributed by atoms with Gasteiger partial charge in [-0.15, -0.1) is 0 Å². The molecule has 0 bridgehead atoms. The number of carboxylic acid groups (broad SMARTS) is 1. The van der Waals surface area contributed by atoms with Gasteiger partial charge in [0, 0.05) is 6.54 Å². The minimum atomic E-state index is -1.05. The average molecular weight is 154 g/mol. The van der Waals surface area contributed by atoms with Crippen molar-refractivity contribution in [3.63, 3.8) is 0 Å². The summed E-state index contributed by atoms with van der Waals surface area (Å²) in [6.07, 6.45) is 1.09. The quantitative estimate of drug-likeness (QED) is 0.631. The minimum absolute atomic E-state index is 0.119. The van der Waals surface area contributed by atoms with E-state index in [0.717, 1.165) is 12.8 Å². The number of rotatable bonds is 3. The Morgan fingerprint density at radius 3 is 2.82 bits per heavy atom. The summed E-state index contributed by atoms with van der Waals surface area (Å²) in [5, 5.41) is 19.0. The van der Waals surface area contributed by atoms with Gasteiger partial charge < -0.3 is 10.4 Å². The minimum Gasteiger partial charge on any atom is -0.465 e. The molecule has 2 N–H and O–H groups in total. The first kappa shape index (κ1) is 7.86. The molecule has 1 amide bonds. The third kappa shape index (κ3) is 2.46. The Morgan fingerprint density at radius 1 is 1.82 bits per heavy atom. The van der Waals surface area contributed by atoms with Crippen molar-refractivity contribution in [2.45, 2.75) is 12.8 Å². The fourth-order valence-electron chi connectivity index (χ4n) is 1.01. The number of amides is 1. The van der Waals surface area contributed by atoms with E-state index in [0.29, 0.717) is 5.92 Å². The van der Waals surface area contributed by atoms with Crippen LogP contribution in [-0.4, -0.2) is 17.7 Å². The molecule has 4 nitrogen and oxygen atoms in total. The number of nitriles is 1. The van der Waals surface area contributed by atoms with E-state index >= 15 is 0 Å². The van der Waals surface area contributed by atoms with Crippen LogP contribution in [0.15, 0.2) is 0 Å². The summed E-state index contributed by atoms with van der Waals surface area (Å²) in [5.74, 6) is 0.318. The lowest BCUT2D eigenvalue weighted by Crippen LogP contribution is -2.27. The SMILES string of the molecule is N#CC(CNC(=O)O)C1CC1. The summed E-state index contributed by atoms with van der Waals surface area (Å²) in [5.41, 5.74) is 0. The highest BCUT2D eigenvalue weighted by Crippen LogP contribution is 2.35. The van der Waals surface area contributed by atoms with E-state index in [2.05, 4.69) is 11.4 Å². The van der Waals surface area contributed by atoms with Gasteiger partial charge in [0.15, 0.2) is 0 Å². The van der Waals surface area contributed by atoms with Gasteiger partial charge in [0.05, 0.1) is 12.0 Å². The molecule has 60 valence electrons. The maximum absolute atomic E-state index is 10.0. The number of hydrogen-bond acceptors (Lipinski definition) is 2. The Bertz CT molecular complexity index is 193. The van der Waals surface area contributed by atoms with Crippen molar-refractivity contribution in [2.75, 3.05) is 6.54 Å². The number of nitrogens with one attached hydrogen (secondary N) is 1. The van der Waals surface area contributed by atoms with Crippen LogP contribution in [0.25, 0.3) is 0 Å². The summed E-state index contributed by atoms with van der Waals surface area (Å²) in [7, 11) is 0. The average Bonchev–Trinajstić information content (AvgIpc) is 2.72. The van der Waals surface area contributed by atoms with E-state index in [4.69, 9.17) is 10.4 Å². The highest BCUT2D eigenvalue weighted by Gasteiger charge is 2.31. The van der Waals surface area contributed by atoms with Gasteiger partial charge in [-0.05, 0) is 18.8 Å². The molecule has 0 spiro atoms. The van der Waals surface area contributed by atoms with Crippen molar-refractivity contribution in [3.05, 3.63) is 0 Å². The van der Waals surface area contributed by atoms with Crippen LogP contribution in [0.5, 0.6) is 0 Å². The monoisotopic (exact) mass is 154 g/mol. The largest absolute Gasteiger partial charge is 0.465 e. The molecule has 1 saturated carbocycles. The molecule has 0 heterocycles. The second-order valence-electron chi connectivity index (χ2n) is 2.76. The Labute approximate surface area is 64.8 Å². The molecule has 0 aromatic heterocycles. The molecular formula is C7H10N2O2. The predicted molar refractivity (Wildman–Crippen MR) is 37.9 cm³/mol. The van der Waals surface area contributed by atoms with E-state index < -0.39 is 6.09 Å². The van der Waals surface area contributed by atoms with Crippen LogP contribution in [-0.2, 0) is 0 Å². The smallest absolute Gasteiger partial charge is 0.404 e. The van der Waals surface area contributed by atoms with Crippen LogP contribution in [0.3, 0.4) is 0 Å². The normalized spacial score (nSPS) is 18.5. The summed E-state index contributed by atoms with van der Waals surface area (Å²) in [6.45, 7) is 0.274. The molecule has 0 aromatic carbocycles. The molecule has 1 aliphatic rings. The Hall–Kier alpha value is -1.24. The third-order valence-electron chi connectivity index (χ3n) is 1.83. The second kappa shape index (κ2) is 3.24. The topological polar surface area (TPSA) is 73.1 Å². The van der Waals surface area contributed by atoms with Gasteiger partial charge in [0.1, 0.15) is 0 Å². The molecule has 0 saturated heterocycles. The van der Waals surface area contributed by atoms with Crippen molar-refractivity contribution < 1.29 is 9.90 Å². The van der Waals surface area contributed by atoms with Gasteiger partial charge in [-0.1, -0.05) is 0 Å². The third-order valence-corrected chi connectivity index (χ3v) is 1.83. The predicted octanol–water partition coefficient (Wildman–Crippen LogP) is 0.804. The molecule has 0 radical (unpaired) electrons. The summed E-state index contributed by atoms with van der Waals surface area (Å²) < 4.78 is 0. The molecular weight excluding hydrogens is 144 g/mol. The van der Waals surface area contributed by atoms with Gasteiger partial charge in [-0.3, -0.25) is 0 Å². The zero-order chi connectivity index (χ0) is 8.27. The molecule has 1 unspecified atom stereocenters. The number of hydrogen-bond donors (Lipinski definition) is 2. The Morgan fingerprint density at radius 2 is 2.45 bits per heavy atom. The summed E-state index contributed by atoms with van der Waals surface area (Å²) in [6, 6.07) is 2.09. The van der Waals surface area contributed by atoms with Crippen molar-refractivity contribution in [1.82, 2.24) is 5.32 Å². The van der Waals surface area contributed by atoms with E-state index in [1.165, 1.54) is 0 Å². The van der Waals surface area contributed by atoms with Crippen molar-refractivity contribution in [2.24, 2.45) is 11.8 Å². The first-order valence-electron chi connectivity index (χ1n) is 3.60. The lowest BCUT2D eigenvalue weighted by Gasteiger charge is -2.05. The highest BCUT2D eigenvalue weighted by molar-refractivity contribution is 5.64. The molecule has 1 atom stereocenters. The molecule has 0 aliphatic heterocycles. The maximum atomic E-state index is 10.0. The van der Waals surface area contributed by atoms with Crippen LogP contribution < -0.4 is 5.32 Å². The summed E-state index contributed by atoms with van der Waals surface area (Å²) in [4.78, 5) is 10.0. The standard InChI is InChI=1S/C7H10N2O2/c8-3-6(5-1-2-5)4-9-7(10)11/h5-6,9H,1-2,4H2,(H,10,11). The fraction of sp³-hybridized carbons (Fsp3) is 0.714. The lowest BCUT2D eigenvalue weighted by molar-refractivity contribution is 0.193. The Balaban J connectivity index is 2.22. The zero-order valence-electron chi connectivity index (χ0n) is 6.08. The van der Waals surface area contributed by atoms with Crippen LogP contribution in [0.1, 0.15) is 12.8 Å².